The fourth-order valence-electron chi connectivity index (χ4n) is 10.5. The van der Waals surface area contributed by atoms with Crippen molar-refractivity contribution in [3.8, 4) is 0 Å². The summed E-state index contributed by atoms with van der Waals surface area (Å²) in [6.07, 6.45) is 75.4. The lowest BCUT2D eigenvalue weighted by Crippen LogP contribution is -2.45. The van der Waals surface area contributed by atoms with Gasteiger partial charge in [-0.3, -0.25) is 9.59 Å². The number of unbranched alkanes of at least 4 members (excludes halogenated alkanes) is 49. The maximum Gasteiger partial charge on any atom is 0.305 e. The van der Waals surface area contributed by atoms with Gasteiger partial charge < -0.3 is 20.3 Å². The molecular formula is C66H129NO5. The summed E-state index contributed by atoms with van der Waals surface area (Å²) in [5, 5.41) is 23.2. The Morgan fingerprint density at radius 1 is 0.375 bits per heavy atom. The van der Waals surface area contributed by atoms with Crippen LogP contribution in [0.25, 0.3) is 0 Å². The Labute approximate surface area is 450 Å². The summed E-state index contributed by atoms with van der Waals surface area (Å²) in [6.45, 7) is 4.97. The second-order valence-corrected chi connectivity index (χ2v) is 22.8. The van der Waals surface area contributed by atoms with Gasteiger partial charge in [0.15, 0.2) is 0 Å². The first-order valence-electron chi connectivity index (χ1n) is 32.9. The van der Waals surface area contributed by atoms with Gasteiger partial charge in [-0.1, -0.05) is 321 Å². The number of allylic oxidation sites excluding steroid dienone is 2. The Hall–Kier alpha value is -1.40. The molecule has 428 valence electrons. The molecule has 1 amide bonds. The first kappa shape index (κ1) is 70.6. The zero-order valence-corrected chi connectivity index (χ0v) is 48.9. The molecule has 0 aromatic carbocycles. The minimum absolute atomic E-state index is 0.0202. The van der Waals surface area contributed by atoms with Crippen molar-refractivity contribution in [1.82, 2.24) is 5.32 Å². The van der Waals surface area contributed by atoms with Gasteiger partial charge in [-0.05, 0) is 51.4 Å². The average molecular weight is 1020 g/mol. The number of hydrogen-bond acceptors (Lipinski definition) is 5. The van der Waals surface area contributed by atoms with E-state index < -0.39 is 12.1 Å². The third kappa shape index (κ3) is 57.9. The summed E-state index contributed by atoms with van der Waals surface area (Å²) in [5.74, 6) is -0.0156. The van der Waals surface area contributed by atoms with E-state index >= 15 is 0 Å². The molecule has 0 aliphatic carbocycles. The Kier molecular flexibility index (Phi) is 60.9. The molecule has 0 spiro atoms. The van der Waals surface area contributed by atoms with Crippen LogP contribution in [0.2, 0.25) is 0 Å². The molecule has 6 nitrogen and oxygen atoms in total. The number of carbonyl (C=O) groups is 2. The third-order valence-electron chi connectivity index (χ3n) is 15.6. The van der Waals surface area contributed by atoms with Crippen LogP contribution in [0.5, 0.6) is 0 Å². The molecule has 0 aromatic rings. The lowest BCUT2D eigenvalue weighted by atomic mass is 10.0. The van der Waals surface area contributed by atoms with Crippen LogP contribution in [0, 0.1) is 0 Å². The van der Waals surface area contributed by atoms with Gasteiger partial charge in [0, 0.05) is 12.8 Å². The van der Waals surface area contributed by atoms with Gasteiger partial charge in [0.1, 0.15) is 0 Å². The summed E-state index contributed by atoms with van der Waals surface area (Å²) in [7, 11) is 0. The summed E-state index contributed by atoms with van der Waals surface area (Å²) in [5.41, 5.74) is 0. The molecule has 6 heteroatoms. The molecule has 0 bridgehead atoms. The summed E-state index contributed by atoms with van der Waals surface area (Å²) < 4.78 is 5.51. The number of rotatable bonds is 62. The number of amides is 1. The second kappa shape index (κ2) is 62.1. The molecule has 0 aliphatic heterocycles. The monoisotopic (exact) mass is 1020 g/mol. The standard InChI is InChI=1S/C66H129NO5/c1-3-5-7-9-11-13-15-16-17-18-31-34-37-40-44-48-52-56-60-66(71)72-61-57-53-49-45-41-38-35-32-29-27-25-23-21-19-20-22-24-26-28-30-33-36-39-43-47-51-55-59-65(70)67-63(62-68)64(69)58-54-50-46-42-14-12-10-8-6-4-2/h19-20,63-64,68-69H,3-18,21-62H2,1-2H3,(H,67,70)/b20-19-. The summed E-state index contributed by atoms with van der Waals surface area (Å²) >= 11 is 0. The maximum absolute atomic E-state index is 12.4. The molecule has 0 saturated carbocycles. The highest BCUT2D eigenvalue weighted by Gasteiger charge is 2.20. The number of aliphatic hydroxyl groups is 2. The van der Waals surface area contributed by atoms with E-state index in [1.165, 1.54) is 302 Å². The predicted molar refractivity (Wildman–Crippen MR) is 315 cm³/mol. The average Bonchev–Trinajstić information content (AvgIpc) is 3.38. The van der Waals surface area contributed by atoms with Crippen molar-refractivity contribution in [3.05, 3.63) is 12.2 Å². The normalized spacial score (nSPS) is 12.6. The van der Waals surface area contributed by atoms with Crippen LogP contribution in [0.4, 0.5) is 0 Å². The van der Waals surface area contributed by atoms with Gasteiger partial charge in [-0.2, -0.15) is 0 Å². The zero-order chi connectivity index (χ0) is 52.2. The van der Waals surface area contributed by atoms with E-state index in [9.17, 15) is 19.8 Å². The topological polar surface area (TPSA) is 95.9 Å². The Balaban J connectivity index is 3.33. The Morgan fingerprint density at radius 3 is 0.986 bits per heavy atom. The highest BCUT2D eigenvalue weighted by Crippen LogP contribution is 2.18. The molecule has 0 saturated heterocycles. The van der Waals surface area contributed by atoms with Crippen molar-refractivity contribution in [2.24, 2.45) is 0 Å². The summed E-state index contributed by atoms with van der Waals surface area (Å²) in [6, 6.07) is -0.539. The van der Waals surface area contributed by atoms with Crippen LogP contribution in [0.3, 0.4) is 0 Å². The first-order chi connectivity index (χ1) is 35.5. The van der Waals surface area contributed by atoms with Crippen LogP contribution in [0.15, 0.2) is 12.2 Å². The van der Waals surface area contributed by atoms with Crippen LogP contribution >= 0.6 is 0 Å². The number of ether oxygens (including phenoxy) is 1. The number of hydrogen-bond donors (Lipinski definition) is 3. The first-order valence-corrected chi connectivity index (χ1v) is 32.9. The van der Waals surface area contributed by atoms with E-state index in [1.54, 1.807) is 0 Å². The van der Waals surface area contributed by atoms with Gasteiger partial charge in [0.2, 0.25) is 5.91 Å². The molecule has 0 aromatic heterocycles. The Morgan fingerprint density at radius 2 is 0.653 bits per heavy atom. The molecule has 0 fully saturated rings. The molecule has 0 aliphatic rings. The van der Waals surface area contributed by atoms with Gasteiger partial charge in [-0.15, -0.1) is 0 Å². The van der Waals surface area contributed by atoms with Gasteiger partial charge in [-0.25, -0.2) is 0 Å². The van der Waals surface area contributed by atoms with Crippen LogP contribution in [-0.4, -0.2) is 47.4 Å². The lowest BCUT2D eigenvalue weighted by molar-refractivity contribution is -0.143. The van der Waals surface area contributed by atoms with Crippen molar-refractivity contribution in [1.29, 1.82) is 0 Å². The fraction of sp³-hybridized carbons (Fsp3) is 0.939. The fourth-order valence-corrected chi connectivity index (χ4v) is 10.5. The van der Waals surface area contributed by atoms with E-state index in [-0.39, 0.29) is 18.5 Å². The number of aliphatic hydroxyl groups excluding tert-OH is 2. The Bertz CT molecular complexity index is 1080. The van der Waals surface area contributed by atoms with Crippen molar-refractivity contribution in [2.75, 3.05) is 13.2 Å². The second-order valence-electron chi connectivity index (χ2n) is 22.8. The molecule has 0 heterocycles. The zero-order valence-electron chi connectivity index (χ0n) is 48.9. The molecule has 0 radical (unpaired) electrons. The minimum Gasteiger partial charge on any atom is -0.466 e. The smallest absolute Gasteiger partial charge is 0.305 e. The number of nitrogens with one attached hydrogen (secondary N) is 1. The predicted octanol–water partition coefficient (Wildman–Crippen LogP) is 20.8. The summed E-state index contributed by atoms with van der Waals surface area (Å²) in [4.78, 5) is 24.5. The number of esters is 1. The molecule has 0 rings (SSSR count). The van der Waals surface area contributed by atoms with E-state index in [4.69, 9.17) is 4.74 Å². The highest BCUT2D eigenvalue weighted by atomic mass is 16.5. The SMILES string of the molecule is CCCCCCCCCCCCCCCCCCCCC(=O)OCCCCCCCCCCCCCC/C=C\CCCCCCCCCCCCCC(=O)NC(CO)C(O)CCCCCCCCCCCC. The van der Waals surface area contributed by atoms with E-state index in [0.717, 1.165) is 38.5 Å². The molecule has 2 atom stereocenters. The maximum atomic E-state index is 12.4. The van der Waals surface area contributed by atoms with Crippen molar-refractivity contribution in [2.45, 2.75) is 386 Å². The van der Waals surface area contributed by atoms with Gasteiger partial charge >= 0.3 is 5.97 Å². The van der Waals surface area contributed by atoms with Crippen LogP contribution in [-0.2, 0) is 14.3 Å². The lowest BCUT2D eigenvalue weighted by Gasteiger charge is -2.22. The van der Waals surface area contributed by atoms with Crippen molar-refractivity contribution >= 4 is 11.9 Å². The molecular weight excluding hydrogens is 887 g/mol. The quantitative estimate of drug-likeness (QED) is 0.0320. The van der Waals surface area contributed by atoms with E-state index in [2.05, 4.69) is 31.3 Å². The third-order valence-corrected chi connectivity index (χ3v) is 15.6. The number of carbonyl (C=O) groups excluding carboxylic acids is 2. The van der Waals surface area contributed by atoms with E-state index in [0.29, 0.717) is 25.9 Å². The molecule has 2 unspecified atom stereocenters. The molecule has 72 heavy (non-hydrogen) atoms. The van der Waals surface area contributed by atoms with Crippen LogP contribution in [0.1, 0.15) is 373 Å². The van der Waals surface area contributed by atoms with Gasteiger partial charge in [0.05, 0.1) is 25.4 Å². The largest absolute Gasteiger partial charge is 0.466 e. The van der Waals surface area contributed by atoms with Gasteiger partial charge in [0.25, 0.3) is 0 Å². The minimum atomic E-state index is -0.662. The molecule has 3 N–H and O–H groups in total. The van der Waals surface area contributed by atoms with Crippen LogP contribution < -0.4 is 5.32 Å². The van der Waals surface area contributed by atoms with E-state index in [1.807, 2.05) is 0 Å². The van der Waals surface area contributed by atoms with Crippen molar-refractivity contribution in [3.63, 3.8) is 0 Å². The highest BCUT2D eigenvalue weighted by molar-refractivity contribution is 5.76. The van der Waals surface area contributed by atoms with Crippen molar-refractivity contribution < 1.29 is 24.5 Å².